The average Bonchev–Trinajstić information content (AvgIpc) is 3.16. The molecule has 0 saturated heterocycles. The fraction of sp³-hybridized carbons (Fsp3) is 0.438. The molecule has 0 bridgehead atoms. The van der Waals surface area contributed by atoms with Crippen LogP contribution in [0.25, 0.3) is 11.3 Å². The van der Waals surface area contributed by atoms with E-state index in [2.05, 4.69) is 42.7 Å². The summed E-state index contributed by atoms with van der Waals surface area (Å²) in [6, 6.07) is 9.02. The van der Waals surface area contributed by atoms with Gasteiger partial charge < -0.3 is 10.3 Å². The highest BCUT2D eigenvalue weighted by Gasteiger charge is 2.29. The number of anilines is 1. The molecule has 1 aliphatic carbocycles. The predicted molar refractivity (Wildman–Crippen MR) is 79.1 cm³/mol. The molecule has 1 aromatic heterocycles. The van der Waals surface area contributed by atoms with Gasteiger partial charge in [0.05, 0.1) is 0 Å². The second-order valence-corrected chi connectivity index (χ2v) is 5.48. The molecule has 0 radical (unpaired) electrons. The van der Waals surface area contributed by atoms with Gasteiger partial charge in [0.25, 0.3) is 0 Å². The lowest BCUT2D eigenvalue weighted by Gasteiger charge is -2.07. The van der Waals surface area contributed by atoms with Crippen molar-refractivity contribution in [3.63, 3.8) is 0 Å². The largest absolute Gasteiger partial charge is 0.383 e. The molecule has 0 aliphatic heterocycles. The number of rotatable bonds is 4. The van der Waals surface area contributed by atoms with Crippen molar-refractivity contribution in [1.29, 1.82) is 0 Å². The third-order valence-electron chi connectivity index (χ3n) is 3.70. The summed E-state index contributed by atoms with van der Waals surface area (Å²) in [7, 11) is 0. The van der Waals surface area contributed by atoms with E-state index in [0.29, 0.717) is 6.04 Å². The smallest absolute Gasteiger partial charge is 0.131 e. The number of hydrogen-bond donors (Lipinski definition) is 1. The molecular formula is C16H21N3. The molecule has 3 heteroatoms. The minimum absolute atomic E-state index is 0.590. The monoisotopic (exact) mass is 255 g/mol. The molecular weight excluding hydrogens is 234 g/mol. The maximum absolute atomic E-state index is 6.36. The number of nitrogens with zero attached hydrogens (tertiary/aromatic N) is 2. The Balaban J connectivity index is 2.08. The van der Waals surface area contributed by atoms with Crippen molar-refractivity contribution in [2.45, 2.75) is 45.6 Å². The van der Waals surface area contributed by atoms with Crippen LogP contribution in [0.15, 0.2) is 24.3 Å². The van der Waals surface area contributed by atoms with Gasteiger partial charge in [-0.1, -0.05) is 30.7 Å². The van der Waals surface area contributed by atoms with Crippen molar-refractivity contribution in [3.8, 4) is 11.3 Å². The maximum atomic E-state index is 6.36. The molecule has 1 heterocycles. The first-order chi connectivity index (χ1) is 9.20. The lowest BCUT2D eigenvalue weighted by Crippen LogP contribution is -2.05. The Morgan fingerprint density at radius 1 is 1.37 bits per heavy atom. The molecule has 2 N–H and O–H groups in total. The van der Waals surface area contributed by atoms with Gasteiger partial charge in [0.15, 0.2) is 0 Å². The Morgan fingerprint density at radius 2 is 2.16 bits per heavy atom. The third-order valence-corrected chi connectivity index (χ3v) is 3.70. The fourth-order valence-electron chi connectivity index (χ4n) is 2.64. The van der Waals surface area contributed by atoms with Crippen molar-refractivity contribution in [2.75, 3.05) is 5.73 Å². The van der Waals surface area contributed by atoms with Gasteiger partial charge in [-0.05, 0) is 32.3 Å². The Hall–Kier alpha value is -1.77. The molecule has 1 aromatic carbocycles. The van der Waals surface area contributed by atoms with E-state index < -0.39 is 0 Å². The normalized spacial score (nSPS) is 14.8. The molecule has 19 heavy (non-hydrogen) atoms. The zero-order chi connectivity index (χ0) is 13.4. The van der Waals surface area contributed by atoms with E-state index in [1.807, 2.05) is 0 Å². The molecule has 3 nitrogen and oxygen atoms in total. The fourth-order valence-corrected chi connectivity index (χ4v) is 2.64. The molecule has 1 fully saturated rings. The summed E-state index contributed by atoms with van der Waals surface area (Å²) in [5.41, 5.74) is 9.69. The van der Waals surface area contributed by atoms with E-state index in [4.69, 9.17) is 10.7 Å². The summed E-state index contributed by atoms with van der Waals surface area (Å²) < 4.78 is 2.27. The van der Waals surface area contributed by atoms with Crippen LogP contribution in [0, 0.1) is 6.92 Å². The van der Waals surface area contributed by atoms with E-state index in [0.717, 1.165) is 35.7 Å². The van der Waals surface area contributed by atoms with Crippen LogP contribution in [0.4, 0.5) is 5.82 Å². The molecule has 100 valence electrons. The standard InChI is InChI=1S/C16H21N3/c1-3-5-14-18-15(12-7-4-6-11(2)10-12)16(17)19(14)13-8-9-13/h4,6-7,10,13H,3,5,8-9,17H2,1-2H3. The average molecular weight is 255 g/mol. The molecule has 2 aromatic rings. The van der Waals surface area contributed by atoms with E-state index in [1.165, 1.54) is 18.4 Å². The second-order valence-electron chi connectivity index (χ2n) is 5.48. The first-order valence-corrected chi connectivity index (χ1v) is 7.14. The molecule has 1 saturated carbocycles. The van der Waals surface area contributed by atoms with Crippen LogP contribution in [0.3, 0.4) is 0 Å². The van der Waals surface area contributed by atoms with Crippen LogP contribution in [0.2, 0.25) is 0 Å². The first-order valence-electron chi connectivity index (χ1n) is 7.14. The van der Waals surface area contributed by atoms with Gasteiger partial charge in [-0.25, -0.2) is 4.98 Å². The van der Waals surface area contributed by atoms with Gasteiger partial charge >= 0.3 is 0 Å². The Labute approximate surface area is 114 Å². The third kappa shape index (κ3) is 2.25. The maximum Gasteiger partial charge on any atom is 0.131 e. The zero-order valence-corrected chi connectivity index (χ0v) is 11.7. The van der Waals surface area contributed by atoms with E-state index in [1.54, 1.807) is 0 Å². The van der Waals surface area contributed by atoms with Gasteiger partial charge in [0.2, 0.25) is 0 Å². The molecule has 3 rings (SSSR count). The minimum Gasteiger partial charge on any atom is -0.383 e. The zero-order valence-electron chi connectivity index (χ0n) is 11.7. The molecule has 0 unspecified atom stereocenters. The quantitative estimate of drug-likeness (QED) is 0.904. The van der Waals surface area contributed by atoms with Crippen molar-refractivity contribution in [1.82, 2.24) is 9.55 Å². The van der Waals surface area contributed by atoms with Gasteiger partial charge in [0, 0.05) is 18.0 Å². The number of nitrogen functional groups attached to an aromatic ring is 1. The molecule has 0 spiro atoms. The SMILES string of the molecule is CCCc1nc(-c2cccc(C)c2)c(N)n1C1CC1. The van der Waals surface area contributed by atoms with Crippen LogP contribution in [-0.4, -0.2) is 9.55 Å². The van der Waals surface area contributed by atoms with Gasteiger partial charge in [-0.3, -0.25) is 0 Å². The highest BCUT2D eigenvalue weighted by atomic mass is 15.2. The number of hydrogen-bond acceptors (Lipinski definition) is 2. The topological polar surface area (TPSA) is 43.8 Å². The van der Waals surface area contributed by atoms with E-state index in [-0.39, 0.29) is 0 Å². The number of aromatic nitrogens is 2. The summed E-state index contributed by atoms with van der Waals surface area (Å²) in [6.07, 6.45) is 4.60. The minimum atomic E-state index is 0.590. The highest BCUT2D eigenvalue weighted by Crippen LogP contribution is 2.41. The number of imidazole rings is 1. The van der Waals surface area contributed by atoms with Crippen LogP contribution in [0.1, 0.15) is 43.6 Å². The lowest BCUT2D eigenvalue weighted by molar-refractivity contribution is 0.676. The Bertz CT molecular complexity index is 594. The van der Waals surface area contributed by atoms with Crippen molar-refractivity contribution in [3.05, 3.63) is 35.7 Å². The van der Waals surface area contributed by atoms with Crippen LogP contribution < -0.4 is 5.73 Å². The predicted octanol–water partition coefficient (Wildman–Crippen LogP) is 3.73. The van der Waals surface area contributed by atoms with Gasteiger partial charge in [-0.15, -0.1) is 0 Å². The van der Waals surface area contributed by atoms with Gasteiger partial charge in [0.1, 0.15) is 17.3 Å². The summed E-state index contributed by atoms with van der Waals surface area (Å²) in [5, 5.41) is 0. The van der Waals surface area contributed by atoms with Crippen LogP contribution in [0.5, 0.6) is 0 Å². The van der Waals surface area contributed by atoms with Crippen LogP contribution >= 0.6 is 0 Å². The highest BCUT2D eigenvalue weighted by molar-refractivity contribution is 5.71. The van der Waals surface area contributed by atoms with E-state index >= 15 is 0 Å². The summed E-state index contributed by atoms with van der Waals surface area (Å²) in [5.74, 6) is 2.00. The molecule has 1 aliphatic rings. The van der Waals surface area contributed by atoms with E-state index in [9.17, 15) is 0 Å². The Kier molecular flexibility index (Phi) is 3.05. The lowest BCUT2D eigenvalue weighted by atomic mass is 10.1. The Morgan fingerprint density at radius 3 is 2.79 bits per heavy atom. The number of aryl methyl sites for hydroxylation is 2. The van der Waals surface area contributed by atoms with Crippen molar-refractivity contribution >= 4 is 5.82 Å². The summed E-state index contributed by atoms with van der Waals surface area (Å²) in [6.45, 7) is 4.29. The number of benzene rings is 1. The van der Waals surface area contributed by atoms with Gasteiger partial charge in [-0.2, -0.15) is 0 Å². The first kappa shape index (κ1) is 12.3. The number of nitrogens with two attached hydrogens (primary N) is 1. The summed E-state index contributed by atoms with van der Waals surface area (Å²) in [4.78, 5) is 4.81. The molecule has 0 amide bonds. The van der Waals surface area contributed by atoms with Crippen molar-refractivity contribution < 1.29 is 0 Å². The van der Waals surface area contributed by atoms with Crippen molar-refractivity contribution in [2.24, 2.45) is 0 Å². The summed E-state index contributed by atoms with van der Waals surface area (Å²) >= 11 is 0. The second kappa shape index (κ2) is 4.72. The van der Waals surface area contributed by atoms with Crippen LogP contribution in [-0.2, 0) is 6.42 Å². The molecule has 0 atom stereocenters.